The maximum absolute atomic E-state index is 13.5. The molecule has 0 aromatic heterocycles. The number of allylic oxidation sites excluding steroid dienone is 8. The third-order valence-corrected chi connectivity index (χ3v) is 4.89. The summed E-state index contributed by atoms with van der Waals surface area (Å²) in [7, 11) is 0. The van der Waals surface area contributed by atoms with E-state index in [0.717, 1.165) is 25.7 Å². The van der Waals surface area contributed by atoms with E-state index in [1.54, 1.807) is 0 Å². The molecule has 7 heteroatoms. The van der Waals surface area contributed by atoms with Gasteiger partial charge in [0.05, 0.1) is 5.56 Å². The van der Waals surface area contributed by atoms with Crippen LogP contribution in [0.15, 0.2) is 48.6 Å². The van der Waals surface area contributed by atoms with Crippen molar-refractivity contribution < 1.29 is 31.5 Å². The lowest BCUT2D eigenvalue weighted by Crippen LogP contribution is -2.11. The summed E-state index contributed by atoms with van der Waals surface area (Å²) in [4.78, 5) is 11.7. The van der Waals surface area contributed by atoms with Crippen molar-refractivity contribution in [3.05, 3.63) is 83.3 Å². The molecule has 0 atom stereocenters. The lowest BCUT2D eigenvalue weighted by molar-refractivity contribution is -0.145. The number of benzene rings is 1. The van der Waals surface area contributed by atoms with Gasteiger partial charge in [0.1, 0.15) is 6.61 Å². The van der Waals surface area contributed by atoms with Crippen LogP contribution < -0.4 is 0 Å². The second-order valence-corrected chi connectivity index (χ2v) is 7.69. The topological polar surface area (TPSA) is 26.3 Å². The average molecular weight is 485 g/mol. The summed E-state index contributed by atoms with van der Waals surface area (Å²) in [6.07, 6.45) is 25.1. The monoisotopic (exact) mass is 484 g/mol. The minimum atomic E-state index is -2.25. The molecule has 0 aliphatic heterocycles. The van der Waals surface area contributed by atoms with Crippen molar-refractivity contribution in [1.82, 2.24) is 0 Å². The Morgan fingerprint density at radius 2 is 1.09 bits per heavy atom. The maximum Gasteiger partial charge on any atom is 0.306 e. The fourth-order valence-electron chi connectivity index (χ4n) is 2.93. The largest absolute Gasteiger partial charge is 0.461 e. The predicted octanol–water partition coefficient (Wildman–Crippen LogP) is 8.57. The number of rotatable bonds is 16. The Labute approximate surface area is 198 Å². The van der Waals surface area contributed by atoms with Gasteiger partial charge in [-0.1, -0.05) is 68.4 Å². The SMILES string of the molecule is CCCCC/C=C\C/C=C/C/C=C\C/C=C\CCCC(=O)OCc1c(F)c(F)c(F)c(F)c1F. The molecule has 34 heavy (non-hydrogen) atoms. The van der Waals surface area contributed by atoms with E-state index in [1.807, 2.05) is 18.2 Å². The molecule has 1 aromatic carbocycles. The van der Waals surface area contributed by atoms with Crippen molar-refractivity contribution in [2.75, 3.05) is 0 Å². The number of hydrogen-bond acceptors (Lipinski definition) is 2. The first kappa shape index (κ1) is 29.3. The van der Waals surface area contributed by atoms with Crippen LogP contribution in [0.4, 0.5) is 22.0 Å². The quantitative estimate of drug-likeness (QED) is 0.0587. The first-order chi connectivity index (χ1) is 16.4. The molecule has 1 aromatic rings. The van der Waals surface area contributed by atoms with Crippen LogP contribution in [0.1, 0.15) is 76.7 Å². The summed E-state index contributed by atoms with van der Waals surface area (Å²) >= 11 is 0. The molecule has 0 radical (unpaired) electrons. The highest BCUT2D eigenvalue weighted by molar-refractivity contribution is 5.69. The molecule has 0 fully saturated rings. The lowest BCUT2D eigenvalue weighted by atomic mass is 10.2. The number of esters is 1. The van der Waals surface area contributed by atoms with Gasteiger partial charge >= 0.3 is 5.97 Å². The lowest BCUT2D eigenvalue weighted by Gasteiger charge is -2.09. The smallest absolute Gasteiger partial charge is 0.306 e. The summed E-state index contributed by atoms with van der Waals surface area (Å²) in [6.45, 7) is 1.18. The molecule has 0 saturated heterocycles. The van der Waals surface area contributed by atoms with Crippen LogP contribution in [0.3, 0.4) is 0 Å². The van der Waals surface area contributed by atoms with Gasteiger partial charge in [0.15, 0.2) is 23.3 Å². The third-order valence-electron chi connectivity index (χ3n) is 4.89. The molecule has 0 aliphatic rings. The second kappa shape index (κ2) is 17.7. The van der Waals surface area contributed by atoms with Crippen LogP contribution in [-0.2, 0) is 16.1 Å². The van der Waals surface area contributed by atoms with Gasteiger partial charge in [-0.2, -0.15) is 0 Å². The molecule has 0 N–H and O–H groups in total. The zero-order valence-electron chi connectivity index (χ0n) is 19.6. The number of halogens is 5. The molecular formula is C27H33F5O2. The zero-order chi connectivity index (χ0) is 25.2. The van der Waals surface area contributed by atoms with Crippen molar-refractivity contribution in [2.45, 2.75) is 77.7 Å². The van der Waals surface area contributed by atoms with E-state index in [2.05, 4.69) is 42.0 Å². The van der Waals surface area contributed by atoms with Gasteiger partial charge in [-0.05, 0) is 44.9 Å². The van der Waals surface area contributed by atoms with Crippen molar-refractivity contribution in [3.8, 4) is 0 Å². The molecule has 0 saturated carbocycles. The molecular weight excluding hydrogens is 451 g/mol. The van der Waals surface area contributed by atoms with E-state index < -0.39 is 47.2 Å². The second-order valence-electron chi connectivity index (χ2n) is 7.69. The average Bonchev–Trinajstić information content (AvgIpc) is 2.83. The van der Waals surface area contributed by atoms with E-state index in [-0.39, 0.29) is 6.42 Å². The van der Waals surface area contributed by atoms with Gasteiger partial charge in [0.2, 0.25) is 5.82 Å². The highest BCUT2D eigenvalue weighted by Gasteiger charge is 2.26. The summed E-state index contributed by atoms with van der Waals surface area (Å²) in [5, 5.41) is 0. The van der Waals surface area contributed by atoms with E-state index in [1.165, 1.54) is 19.3 Å². The van der Waals surface area contributed by atoms with Gasteiger partial charge in [-0.15, -0.1) is 0 Å². The number of carbonyl (C=O) groups excluding carboxylic acids is 1. The molecule has 1 rings (SSSR count). The number of unbranched alkanes of at least 4 members (excludes halogenated alkanes) is 4. The molecule has 0 spiro atoms. The first-order valence-electron chi connectivity index (χ1n) is 11.7. The molecule has 0 amide bonds. The van der Waals surface area contributed by atoms with Gasteiger partial charge in [0, 0.05) is 6.42 Å². The van der Waals surface area contributed by atoms with Crippen LogP contribution in [0, 0.1) is 29.1 Å². The highest BCUT2D eigenvalue weighted by Crippen LogP contribution is 2.23. The van der Waals surface area contributed by atoms with Gasteiger partial charge < -0.3 is 4.74 Å². The van der Waals surface area contributed by atoms with E-state index in [0.29, 0.717) is 12.8 Å². The van der Waals surface area contributed by atoms with Crippen molar-refractivity contribution in [3.63, 3.8) is 0 Å². The number of hydrogen-bond donors (Lipinski definition) is 0. The predicted molar refractivity (Wildman–Crippen MR) is 124 cm³/mol. The fourth-order valence-corrected chi connectivity index (χ4v) is 2.93. The summed E-state index contributed by atoms with van der Waals surface area (Å²) in [6, 6.07) is 0. The molecule has 2 nitrogen and oxygen atoms in total. The zero-order valence-corrected chi connectivity index (χ0v) is 19.6. The van der Waals surface area contributed by atoms with Crippen LogP contribution in [0.25, 0.3) is 0 Å². The van der Waals surface area contributed by atoms with Crippen LogP contribution in [-0.4, -0.2) is 5.97 Å². The Hall–Kier alpha value is -2.70. The minimum Gasteiger partial charge on any atom is -0.461 e. The summed E-state index contributed by atoms with van der Waals surface area (Å²) in [5.41, 5.74) is -1.16. The molecule has 188 valence electrons. The molecule has 0 heterocycles. The normalized spacial score (nSPS) is 12.2. The maximum atomic E-state index is 13.5. The Kier molecular flexibility index (Phi) is 15.3. The standard InChI is InChI=1S/C27H33F5O2/c1-2-3-4-5-6-7-8-9-10-11-12-13-14-15-16-17-18-19-22(33)34-20-21-23(28)25(30)27(32)26(31)24(21)29/h6-7,9-10,12-13,15-16H,2-5,8,11,14,17-20H2,1H3/b7-6-,10-9+,13-12-,16-15-. The Bertz CT molecular complexity index is 843. The van der Waals surface area contributed by atoms with Gasteiger partial charge in [-0.25, -0.2) is 22.0 Å². The Morgan fingerprint density at radius 3 is 1.59 bits per heavy atom. The van der Waals surface area contributed by atoms with E-state index >= 15 is 0 Å². The van der Waals surface area contributed by atoms with Crippen LogP contribution >= 0.6 is 0 Å². The van der Waals surface area contributed by atoms with E-state index in [4.69, 9.17) is 0 Å². The van der Waals surface area contributed by atoms with Gasteiger partial charge in [0.25, 0.3) is 0 Å². The number of carbonyl (C=O) groups is 1. The fraction of sp³-hybridized carbons (Fsp3) is 0.444. The summed E-state index contributed by atoms with van der Waals surface area (Å²) < 4.78 is 71.0. The Balaban J connectivity index is 2.15. The van der Waals surface area contributed by atoms with Crippen molar-refractivity contribution >= 4 is 5.97 Å². The van der Waals surface area contributed by atoms with Crippen molar-refractivity contribution in [1.29, 1.82) is 0 Å². The van der Waals surface area contributed by atoms with Crippen LogP contribution in [0.2, 0.25) is 0 Å². The third kappa shape index (κ3) is 11.4. The van der Waals surface area contributed by atoms with Crippen LogP contribution in [0.5, 0.6) is 0 Å². The van der Waals surface area contributed by atoms with Gasteiger partial charge in [-0.3, -0.25) is 4.79 Å². The van der Waals surface area contributed by atoms with E-state index in [9.17, 15) is 26.7 Å². The minimum absolute atomic E-state index is 0.0343. The molecule has 0 aliphatic carbocycles. The first-order valence-corrected chi connectivity index (χ1v) is 11.7. The number of ether oxygens (including phenoxy) is 1. The highest BCUT2D eigenvalue weighted by atomic mass is 19.2. The Morgan fingerprint density at radius 1 is 0.647 bits per heavy atom. The molecule has 0 bridgehead atoms. The summed E-state index contributed by atoms with van der Waals surface area (Å²) in [5.74, 6) is -11.1. The van der Waals surface area contributed by atoms with Crippen molar-refractivity contribution in [2.24, 2.45) is 0 Å². The molecule has 0 unspecified atom stereocenters.